The fourth-order valence-corrected chi connectivity index (χ4v) is 3.03. The molecule has 1 aliphatic heterocycles. The van der Waals surface area contributed by atoms with Crippen LogP contribution in [0.3, 0.4) is 0 Å². The van der Waals surface area contributed by atoms with Gasteiger partial charge in [-0.2, -0.15) is 5.10 Å². The number of hydrogen-bond acceptors (Lipinski definition) is 4. The maximum absolute atomic E-state index is 5.92. The molecule has 102 valence electrons. The van der Waals surface area contributed by atoms with Gasteiger partial charge in [-0.25, -0.2) is 9.50 Å². The van der Waals surface area contributed by atoms with E-state index in [4.69, 9.17) is 5.73 Å². The quantitative estimate of drug-likeness (QED) is 0.912. The zero-order chi connectivity index (χ0) is 13.4. The van der Waals surface area contributed by atoms with Gasteiger partial charge in [-0.1, -0.05) is 0 Å². The Kier molecular flexibility index (Phi) is 3.14. The molecule has 2 aromatic heterocycles. The molecule has 0 amide bonds. The Hall–Kier alpha value is -1.62. The van der Waals surface area contributed by atoms with Crippen LogP contribution in [0.1, 0.15) is 32.5 Å². The van der Waals surface area contributed by atoms with Crippen LogP contribution < -0.4 is 5.73 Å². The first-order valence-corrected chi connectivity index (χ1v) is 7.00. The normalized spacial score (nSPS) is 20.7. The predicted octanol–water partition coefficient (Wildman–Crippen LogP) is 1.73. The Morgan fingerprint density at radius 2 is 2.32 bits per heavy atom. The Morgan fingerprint density at radius 3 is 3.05 bits per heavy atom. The molecule has 2 N–H and O–H groups in total. The lowest BCUT2D eigenvalue weighted by Gasteiger charge is -2.27. The fraction of sp³-hybridized carbons (Fsp3) is 0.571. The molecule has 3 rings (SSSR count). The predicted molar refractivity (Wildman–Crippen MR) is 76.0 cm³/mol. The molecule has 1 unspecified atom stereocenters. The number of nitrogen functional groups attached to an aromatic ring is 1. The Labute approximate surface area is 113 Å². The second-order valence-electron chi connectivity index (χ2n) is 5.59. The molecule has 2 aromatic rings. The van der Waals surface area contributed by atoms with Gasteiger partial charge in [0.15, 0.2) is 11.5 Å². The van der Waals surface area contributed by atoms with Crippen LogP contribution >= 0.6 is 0 Å². The summed E-state index contributed by atoms with van der Waals surface area (Å²) in [7, 11) is 0. The summed E-state index contributed by atoms with van der Waals surface area (Å²) in [5.41, 5.74) is 7.38. The minimum Gasteiger partial charge on any atom is -0.396 e. The van der Waals surface area contributed by atoms with Gasteiger partial charge in [0.25, 0.3) is 0 Å². The highest BCUT2D eigenvalue weighted by atomic mass is 15.3. The van der Waals surface area contributed by atoms with Crippen molar-refractivity contribution >= 4 is 11.3 Å². The topological polar surface area (TPSA) is 59.5 Å². The summed E-state index contributed by atoms with van der Waals surface area (Å²) in [4.78, 5) is 7.12. The van der Waals surface area contributed by atoms with Crippen LogP contribution in [0.4, 0.5) is 5.69 Å². The van der Waals surface area contributed by atoms with Gasteiger partial charge in [-0.3, -0.25) is 4.90 Å². The van der Waals surface area contributed by atoms with E-state index >= 15 is 0 Å². The van der Waals surface area contributed by atoms with E-state index in [1.807, 2.05) is 18.3 Å². The summed E-state index contributed by atoms with van der Waals surface area (Å²) >= 11 is 0. The van der Waals surface area contributed by atoms with Crippen LogP contribution in [-0.2, 0) is 6.42 Å². The highest BCUT2D eigenvalue weighted by molar-refractivity contribution is 5.63. The van der Waals surface area contributed by atoms with Crippen molar-refractivity contribution in [2.45, 2.75) is 45.2 Å². The molecular weight excluding hydrogens is 238 g/mol. The van der Waals surface area contributed by atoms with Gasteiger partial charge in [-0.05, 0) is 45.4 Å². The monoisotopic (exact) mass is 259 g/mol. The van der Waals surface area contributed by atoms with Crippen LogP contribution in [0.25, 0.3) is 5.65 Å². The number of rotatable bonds is 3. The number of anilines is 1. The van der Waals surface area contributed by atoms with Gasteiger partial charge in [-0.15, -0.1) is 0 Å². The number of likely N-dealkylation sites (tertiary alicyclic amines) is 1. The second kappa shape index (κ2) is 4.81. The van der Waals surface area contributed by atoms with Crippen molar-refractivity contribution in [1.82, 2.24) is 19.5 Å². The number of pyridine rings is 1. The van der Waals surface area contributed by atoms with Crippen molar-refractivity contribution in [3.05, 3.63) is 24.2 Å². The van der Waals surface area contributed by atoms with Gasteiger partial charge in [0.1, 0.15) is 0 Å². The molecule has 5 nitrogen and oxygen atoms in total. The van der Waals surface area contributed by atoms with Gasteiger partial charge in [0.2, 0.25) is 0 Å². The first-order chi connectivity index (χ1) is 9.15. The molecular formula is C14H21N5. The zero-order valence-electron chi connectivity index (χ0n) is 11.6. The third kappa shape index (κ3) is 2.30. The lowest BCUT2D eigenvalue weighted by Crippen LogP contribution is -2.36. The first kappa shape index (κ1) is 12.4. The Balaban J connectivity index is 1.83. The van der Waals surface area contributed by atoms with Gasteiger partial charge in [0.05, 0.1) is 5.69 Å². The average molecular weight is 259 g/mol. The lowest BCUT2D eigenvalue weighted by atomic mass is 10.1. The largest absolute Gasteiger partial charge is 0.396 e. The van der Waals surface area contributed by atoms with Gasteiger partial charge < -0.3 is 5.73 Å². The number of fused-ring (bicyclic) bond motifs is 1. The van der Waals surface area contributed by atoms with Crippen LogP contribution in [0.5, 0.6) is 0 Å². The van der Waals surface area contributed by atoms with Crippen molar-refractivity contribution in [3.63, 3.8) is 0 Å². The third-order valence-corrected chi connectivity index (χ3v) is 3.94. The average Bonchev–Trinajstić information content (AvgIpc) is 2.96. The second-order valence-corrected chi connectivity index (χ2v) is 5.59. The van der Waals surface area contributed by atoms with Crippen molar-refractivity contribution in [3.8, 4) is 0 Å². The summed E-state index contributed by atoms with van der Waals surface area (Å²) in [5, 5.41) is 4.53. The smallest absolute Gasteiger partial charge is 0.178 e. The molecule has 0 saturated carbocycles. The highest BCUT2D eigenvalue weighted by Gasteiger charge is 2.27. The summed E-state index contributed by atoms with van der Waals surface area (Å²) in [6, 6.07) is 4.92. The lowest BCUT2D eigenvalue weighted by molar-refractivity contribution is 0.201. The molecule has 0 aliphatic carbocycles. The minimum absolute atomic E-state index is 0.568. The number of nitrogens with zero attached hydrogens (tertiary/aromatic N) is 4. The van der Waals surface area contributed by atoms with Crippen molar-refractivity contribution in [2.75, 3.05) is 12.3 Å². The van der Waals surface area contributed by atoms with E-state index in [0.717, 1.165) is 17.9 Å². The third-order valence-electron chi connectivity index (χ3n) is 3.94. The molecule has 5 heteroatoms. The molecule has 1 atom stereocenters. The number of nitrogens with two attached hydrogens (primary N) is 1. The minimum atomic E-state index is 0.568. The van der Waals surface area contributed by atoms with E-state index in [1.54, 1.807) is 4.52 Å². The number of aromatic nitrogens is 3. The summed E-state index contributed by atoms with van der Waals surface area (Å²) < 4.78 is 1.78. The molecule has 0 bridgehead atoms. The SMILES string of the molecule is CC(C)N1CCCC1Cc1nc2c(N)cccn2n1. The summed E-state index contributed by atoms with van der Waals surface area (Å²) in [6.07, 6.45) is 5.33. The first-order valence-electron chi connectivity index (χ1n) is 7.00. The number of hydrogen-bond donors (Lipinski definition) is 1. The molecule has 1 saturated heterocycles. The Bertz CT molecular complexity index is 574. The molecule has 19 heavy (non-hydrogen) atoms. The molecule has 1 aliphatic rings. The summed E-state index contributed by atoms with van der Waals surface area (Å²) in [6.45, 7) is 5.71. The molecule has 1 fully saturated rings. The van der Waals surface area contributed by atoms with Crippen LogP contribution in [0, 0.1) is 0 Å². The van der Waals surface area contributed by atoms with E-state index in [1.165, 1.54) is 19.4 Å². The molecule has 0 radical (unpaired) electrons. The van der Waals surface area contributed by atoms with E-state index in [9.17, 15) is 0 Å². The van der Waals surface area contributed by atoms with E-state index in [-0.39, 0.29) is 0 Å². The zero-order valence-corrected chi connectivity index (χ0v) is 11.6. The standard InChI is InChI=1S/C14H21N5/c1-10(2)18-7-3-5-11(18)9-13-16-14-12(15)6-4-8-19(14)17-13/h4,6,8,10-11H,3,5,7,9,15H2,1-2H3. The van der Waals surface area contributed by atoms with E-state index in [0.29, 0.717) is 17.8 Å². The van der Waals surface area contributed by atoms with Crippen LogP contribution in [0.2, 0.25) is 0 Å². The maximum atomic E-state index is 5.92. The fourth-order valence-electron chi connectivity index (χ4n) is 3.03. The van der Waals surface area contributed by atoms with Crippen molar-refractivity contribution in [1.29, 1.82) is 0 Å². The molecule has 0 aromatic carbocycles. The Morgan fingerprint density at radius 1 is 1.47 bits per heavy atom. The van der Waals surface area contributed by atoms with Crippen molar-refractivity contribution in [2.24, 2.45) is 0 Å². The molecule has 0 spiro atoms. The molecule has 3 heterocycles. The highest BCUT2D eigenvalue weighted by Crippen LogP contribution is 2.23. The van der Waals surface area contributed by atoms with Crippen molar-refractivity contribution < 1.29 is 0 Å². The van der Waals surface area contributed by atoms with Gasteiger partial charge >= 0.3 is 0 Å². The van der Waals surface area contributed by atoms with Gasteiger partial charge in [0, 0.05) is 24.7 Å². The van der Waals surface area contributed by atoms with Crippen LogP contribution in [-0.4, -0.2) is 38.1 Å². The van der Waals surface area contributed by atoms with Crippen LogP contribution in [0.15, 0.2) is 18.3 Å². The summed E-state index contributed by atoms with van der Waals surface area (Å²) in [5.74, 6) is 0.899. The van der Waals surface area contributed by atoms with E-state index in [2.05, 4.69) is 28.8 Å². The van der Waals surface area contributed by atoms with E-state index < -0.39 is 0 Å². The maximum Gasteiger partial charge on any atom is 0.178 e.